The van der Waals surface area contributed by atoms with Crippen molar-refractivity contribution in [3.8, 4) is 0 Å². The van der Waals surface area contributed by atoms with Crippen LogP contribution in [0.1, 0.15) is 22.2 Å². The Kier molecular flexibility index (Phi) is 6.04. The number of aliphatic hydroxyl groups is 1. The highest BCUT2D eigenvalue weighted by atomic mass is 16.3. The second-order valence-corrected chi connectivity index (χ2v) is 5.96. The van der Waals surface area contributed by atoms with Crippen molar-refractivity contribution in [1.82, 2.24) is 35.5 Å². The molecular weight excluding hydrogens is 322 g/mol. The number of nitrogens with zero attached hydrogens (tertiary/aromatic N) is 5. The van der Waals surface area contributed by atoms with E-state index in [0.717, 1.165) is 32.7 Å². The molecule has 1 aliphatic heterocycles. The molecule has 3 heterocycles. The van der Waals surface area contributed by atoms with Gasteiger partial charge in [0, 0.05) is 51.7 Å². The van der Waals surface area contributed by atoms with E-state index in [9.17, 15) is 9.90 Å². The monoisotopic (exact) mass is 345 g/mol. The Morgan fingerprint density at radius 1 is 1.28 bits per heavy atom. The van der Waals surface area contributed by atoms with Crippen LogP contribution in [-0.2, 0) is 6.54 Å². The van der Waals surface area contributed by atoms with E-state index in [0.29, 0.717) is 12.1 Å². The normalized spacial score (nSPS) is 16.5. The van der Waals surface area contributed by atoms with Gasteiger partial charge in [0.15, 0.2) is 5.69 Å². The first-order valence-electron chi connectivity index (χ1n) is 8.42. The van der Waals surface area contributed by atoms with Gasteiger partial charge in [0.25, 0.3) is 5.91 Å². The van der Waals surface area contributed by atoms with Gasteiger partial charge in [-0.1, -0.05) is 5.21 Å². The predicted octanol–water partition coefficient (Wildman–Crippen LogP) is -0.958. The zero-order valence-electron chi connectivity index (χ0n) is 14.0. The number of carbonyl (C=O) groups excluding carboxylic acids is 1. The number of aliphatic hydroxyl groups excluding tert-OH is 1. The molecule has 1 atom stereocenters. The lowest BCUT2D eigenvalue weighted by molar-refractivity contribution is 0.0911. The molecule has 1 amide bonds. The summed E-state index contributed by atoms with van der Waals surface area (Å²) in [6, 6.07) is 3.42. The molecule has 3 N–H and O–H groups in total. The topological polar surface area (TPSA) is 108 Å². The number of aromatic nitrogens is 4. The third-order valence-corrected chi connectivity index (χ3v) is 4.17. The summed E-state index contributed by atoms with van der Waals surface area (Å²) < 4.78 is 1.68. The lowest BCUT2D eigenvalue weighted by Crippen LogP contribution is -2.44. The quantitative estimate of drug-likeness (QED) is 0.593. The number of nitrogens with one attached hydrogen (secondary N) is 2. The molecule has 9 heteroatoms. The highest BCUT2D eigenvalue weighted by molar-refractivity contribution is 5.91. The van der Waals surface area contributed by atoms with Crippen LogP contribution in [-0.4, -0.2) is 75.2 Å². The summed E-state index contributed by atoms with van der Waals surface area (Å²) in [6.07, 6.45) is 4.06. The van der Waals surface area contributed by atoms with Crippen LogP contribution < -0.4 is 10.6 Å². The molecule has 25 heavy (non-hydrogen) atoms. The van der Waals surface area contributed by atoms with E-state index in [1.807, 2.05) is 0 Å². The standard InChI is InChI=1S/C16H23N7O2/c24-15(13-1-3-17-4-2-13)11-19-16(25)14-12-23(21-20-14)10-9-22-7-5-18-6-8-22/h1-4,12,15,18,24H,5-11H2,(H,19,25). The lowest BCUT2D eigenvalue weighted by Gasteiger charge is -2.26. The summed E-state index contributed by atoms with van der Waals surface area (Å²) in [5.41, 5.74) is 0.956. The number of carbonyl (C=O) groups is 1. The van der Waals surface area contributed by atoms with Gasteiger partial charge >= 0.3 is 0 Å². The first kappa shape index (κ1) is 17.5. The molecule has 0 aromatic carbocycles. The first-order valence-corrected chi connectivity index (χ1v) is 8.42. The van der Waals surface area contributed by atoms with Gasteiger partial charge in [-0.25, -0.2) is 0 Å². The molecule has 0 spiro atoms. The molecule has 134 valence electrons. The van der Waals surface area contributed by atoms with Gasteiger partial charge in [0.05, 0.1) is 18.8 Å². The van der Waals surface area contributed by atoms with Crippen LogP contribution >= 0.6 is 0 Å². The maximum atomic E-state index is 12.1. The Morgan fingerprint density at radius 2 is 2.04 bits per heavy atom. The second kappa shape index (κ2) is 8.65. The van der Waals surface area contributed by atoms with Gasteiger partial charge in [-0.05, 0) is 17.7 Å². The largest absolute Gasteiger partial charge is 0.387 e. The molecule has 1 saturated heterocycles. The number of pyridine rings is 1. The highest BCUT2D eigenvalue weighted by Gasteiger charge is 2.14. The minimum Gasteiger partial charge on any atom is -0.387 e. The van der Waals surface area contributed by atoms with E-state index in [1.165, 1.54) is 0 Å². The van der Waals surface area contributed by atoms with Crippen LogP contribution in [0, 0.1) is 0 Å². The minimum absolute atomic E-state index is 0.108. The van der Waals surface area contributed by atoms with Crippen molar-refractivity contribution in [2.24, 2.45) is 0 Å². The first-order chi connectivity index (χ1) is 12.2. The van der Waals surface area contributed by atoms with Crippen molar-refractivity contribution in [1.29, 1.82) is 0 Å². The summed E-state index contributed by atoms with van der Waals surface area (Å²) in [5.74, 6) is -0.346. The molecule has 2 aromatic rings. The molecule has 1 fully saturated rings. The Morgan fingerprint density at radius 3 is 2.80 bits per heavy atom. The van der Waals surface area contributed by atoms with Crippen LogP contribution in [0.4, 0.5) is 0 Å². The van der Waals surface area contributed by atoms with Crippen LogP contribution in [0.3, 0.4) is 0 Å². The van der Waals surface area contributed by atoms with Gasteiger partial charge in [-0.2, -0.15) is 0 Å². The van der Waals surface area contributed by atoms with E-state index in [2.05, 4.69) is 30.8 Å². The zero-order chi connectivity index (χ0) is 17.5. The number of hydrogen-bond acceptors (Lipinski definition) is 7. The molecule has 0 saturated carbocycles. The summed E-state index contributed by atoms with van der Waals surface area (Å²) in [5, 5.41) is 24.0. The van der Waals surface area contributed by atoms with Crippen molar-refractivity contribution in [2.45, 2.75) is 12.6 Å². The summed E-state index contributed by atoms with van der Waals surface area (Å²) in [4.78, 5) is 18.4. The fourth-order valence-electron chi connectivity index (χ4n) is 2.67. The van der Waals surface area contributed by atoms with Crippen molar-refractivity contribution in [3.05, 3.63) is 42.0 Å². The van der Waals surface area contributed by atoms with Gasteiger partial charge in [-0.3, -0.25) is 19.4 Å². The lowest BCUT2D eigenvalue weighted by atomic mass is 10.1. The Bertz CT molecular complexity index is 670. The number of piperazine rings is 1. The zero-order valence-corrected chi connectivity index (χ0v) is 14.0. The Labute approximate surface area is 146 Å². The molecular formula is C16H23N7O2. The van der Waals surface area contributed by atoms with Gasteiger partial charge in [0.2, 0.25) is 0 Å². The average Bonchev–Trinajstić information content (AvgIpc) is 3.15. The van der Waals surface area contributed by atoms with Crippen molar-refractivity contribution < 1.29 is 9.90 Å². The summed E-state index contributed by atoms with van der Waals surface area (Å²) in [7, 11) is 0. The van der Waals surface area contributed by atoms with Crippen LogP contribution in [0.25, 0.3) is 0 Å². The third kappa shape index (κ3) is 5.05. The molecule has 3 rings (SSSR count). The minimum atomic E-state index is -0.783. The third-order valence-electron chi connectivity index (χ3n) is 4.17. The van der Waals surface area contributed by atoms with Crippen LogP contribution in [0.5, 0.6) is 0 Å². The molecule has 0 bridgehead atoms. The van der Waals surface area contributed by atoms with E-state index in [1.54, 1.807) is 35.4 Å². The van der Waals surface area contributed by atoms with Crippen molar-refractivity contribution >= 4 is 5.91 Å². The molecule has 9 nitrogen and oxygen atoms in total. The fraction of sp³-hybridized carbons (Fsp3) is 0.500. The second-order valence-electron chi connectivity index (χ2n) is 5.96. The van der Waals surface area contributed by atoms with Crippen LogP contribution in [0.15, 0.2) is 30.7 Å². The average molecular weight is 345 g/mol. The Hall–Kier alpha value is -2.36. The molecule has 0 aliphatic carbocycles. The van der Waals surface area contributed by atoms with Gasteiger partial charge in [-0.15, -0.1) is 5.10 Å². The van der Waals surface area contributed by atoms with Gasteiger partial charge < -0.3 is 15.7 Å². The smallest absolute Gasteiger partial charge is 0.273 e. The highest BCUT2D eigenvalue weighted by Crippen LogP contribution is 2.09. The van der Waals surface area contributed by atoms with Crippen molar-refractivity contribution in [3.63, 3.8) is 0 Å². The Balaban J connectivity index is 1.45. The maximum Gasteiger partial charge on any atom is 0.273 e. The van der Waals surface area contributed by atoms with Crippen molar-refractivity contribution in [2.75, 3.05) is 39.3 Å². The molecule has 1 unspecified atom stereocenters. The molecule has 1 aliphatic rings. The van der Waals surface area contributed by atoms with Gasteiger partial charge in [0.1, 0.15) is 0 Å². The maximum absolute atomic E-state index is 12.1. The predicted molar refractivity (Wildman–Crippen MR) is 90.9 cm³/mol. The number of hydrogen-bond donors (Lipinski definition) is 3. The van der Waals surface area contributed by atoms with E-state index in [4.69, 9.17) is 0 Å². The fourth-order valence-corrected chi connectivity index (χ4v) is 2.67. The van der Waals surface area contributed by atoms with E-state index in [-0.39, 0.29) is 18.1 Å². The molecule has 0 radical (unpaired) electrons. The molecule has 2 aromatic heterocycles. The number of amides is 1. The summed E-state index contributed by atoms with van der Waals surface area (Å²) >= 11 is 0. The van der Waals surface area contributed by atoms with E-state index < -0.39 is 6.10 Å². The van der Waals surface area contributed by atoms with Crippen LogP contribution in [0.2, 0.25) is 0 Å². The summed E-state index contributed by atoms with van der Waals surface area (Å²) in [6.45, 7) is 5.74. The SMILES string of the molecule is O=C(NCC(O)c1ccncc1)c1cn(CCN2CCNCC2)nn1. The number of rotatable bonds is 7. The van der Waals surface area contributed by atoms with E-state index >= 15 is 0 Å².